The Morgan fingerprint density at radius 1 is 1.11 bits per heavy atom. The van der Waals surface area contributed by atoms with E-state index >= 15 is 0 Å². The summed E-state index contributed by atoms with van der Waals surface area (Å²) in [6, 6.07) is 17.6. The summed E-state index contributed by atoms with van der Waals surface area (Å²) in [7, 11) is 0. The van der Waals surface area contributed by atoms with Crippen molar-refractivity contribution in [3.8, 4) is 10.6 Å². The number of nitrogens with zero attached hydrogens (tertiary/aromatic N) is 1. The molecule has 2 nitrogen and oxygen atoms in total. The van der Waals surface area contributed by atoms with Crippen molar-refractivity contribution < 1.29 is 21.1 Å². The minimum atomic E-state index is -0.740. The van der Waals surface area contributed by atoms with Gasteiger partial charge in [0.05, 0.1) is 5.41 Å². The van der Waals surface area contributed by atoms with E-state index in [-0.39, 0.29) is 21.1 Å². The summed E-state index contributed by atoms with van der Waals surface area (Å²) in [5, 5.41) is 0. The van der Waals surface area contributed by atoms with Crippen molar-refractivity contribution in [2.45, 2.75) is 25.7 Å². The van der Waals surface area contributed by atoms with Crippen LogP contribution in [-0.2, 0) is 26.5 Å². The number of benzene rings is 1. The summed E-state index contributed by atoms with van der Waals surface area (Å²) >= 11 is 1.59. The molecule has 0 radical (unpaired) electrons. The molecule has 2 heterocycles. The minimum absolute atomic E-state index is 0. The molecule has 2 aromatic heterocycles. The van der Waals surface area contributed by atoms with Crippen LogP contribution in [0, 0.1) is 12.1 Å². The smallest absolute Gasteiger partial charge is 0.0623 e. The van der Waals surface area contributed by atoms with Gasteiger partial charge in [0.1, 0.15) is 0 Å². The van der Waals surface area contributed by atoms with E-state index in [2.05, 4.69) is 71.0 Å². The molecule has 3 aromatic rings. The first-order chi connectivity index (χ1) is 16.4. The first kappa shape index (κ1) is 28.2. The number of hydrogen-bond acceptors (Lipinski definition) is 2. The van der Waals surface area contributed by atoms with E-state index in [1.165, 1.54) is 5.57 Å². The quantitative estimate of drug-likeness (QED) is 0.185. The molecular formula is C31H29N2PtS-3. The predicted octanol–water partition coefficient (Wildman–Crippen LogP) is 9.10. The van der Waals surface area contributed by atoms with E-state index in [9.17, 15) is 0 Å². The summed E-state index contributed by atoms with van der Waals surface area (Å²) in [4.78, 5) is 6.99. The maximum absolute atomic E-state index is 8.68. The zero-order chi connectivity index (χ0) is 24.9. The molecule has 4 heteroatoms. The van der Waals surface area contributed by atoms with Crippen molar-refractivity contribution >= 4 is 29.1 Å². The molecule has 0 saturated carbocycles. The van der Waals surface area contributed by atoms with Crippen LogP contribution in [-0.4, -0.2) is 4.98 Å². The van der Waals surface area contributed by atoms with Crippen molar-refractivity contribution in [1.82, 2.24) is 4.98 Å². The number of pyridine rings is 1. The second kappa shape index (κ2) is 12.1. The van der Waals surface area contributed by atoms with Gasteiger partial charge in [0.25, 0.3) is 0 Å². The molecule has 0 saturated heterocycles. The average molecular weight is 657 g/mol. The third-order valence-corrected chi connectivity index (χ3v) is 7.20. The molecule has 1 atom stereocenters. The molecule has 1 unspecified atom stereocenters. The molecule has 1 aliphatic rings. The number of nitrogens with one attached hydrogen (secondary N) is 1. The van der Waals surface area contributed by atoms with E-state index in [0.717, 1.165) is 49.8 Å². The van der Waals surface area contributed by atoms with Gasteiger partial charge in [-0.2, -0.15) is 12.1 Å². The zero-order valence-electron chi connectivity index (χ0n) is 20.2. The van der Waals surface area contributed by atoms with E-state index in [1.807, 2.05) is 36.4 Å². The van der Waals surface area contributed by atoms with E-state index < -0.39 is 5.41 Å². The molecule has 1 N–H and O–H groups in total. The summed E-state index contributed by atoms with van der Waals surface area (Å²) in [6.07, 6.45) is 8.81. The van der Waals surface area contributed by atoms with Crippen molar-refractivity contribution in [3.05, 3.63) is 138 Å². The first-order valence-electron chi connectivity index (χ1n) is 10.9. The second-order valence-electron chi connectivity index (χ2n) is 7.92. The maximum Gasteiger partial charge on any atom is 0.0623 e. The molecule has 0 spiro atoms. The van der Waals surface area contributed by atoms with Crippen molar-refractivity contribution in [3.63, 3.8) is 0 Å². The summed E-state index contributed by atoms with van der Waals surface area (Å²) in [6.45, 7) is 22.8. The standard InChI is InChI=1S/C26H22N2S.C5H7.Pt/c1-6-19-15-24(29-23(19)7-2)22-13-10-14-25(28-22)26(18(5)27)17(4)16(3)20-11-8-9-12-21(20)26;1-3-5-4-2;/h6-14,27H,1-2,5H2,3-4H3;3H,1-2,5H2;/q-2;-1;. The maximum atomic E-state index is 8.68. The van der Waals surface area contributed by atoms with Crippen molar-refractivity contribution in [2.75, 3.05) is 0 Å². The van der Waals surface area contributed by atoms with Crippen LogP contribution in [0.15, 0.2) is 92.7 Å². The minimum Gasteiger partial charge on any atom is -0.701 e. The van der Waals surface area contributed by atoms with Crippen LogP contribution >= 0.6 is 11.3 Å². The number of fused-ring (bicyclic) bond motifs is 1. The van der Waals surface area contributed by atoms with Gasteiger partial charge in [-0.3, -0.25) is 11.6 Å². The molecule has 35 heavy (non-hydrogen) atoms. The molecule has 0 fully saturated rings. The van der Waals surface area contributed by atoms with Gasteiger partial charge >= 0.3 is 0 Å². The Bertz CT molecular complexity index is 1280. The first-order valence-corrected chi connectivity index (χ1v) is 11.8. The summed E-state index contributed by atoms with van der Waals surface area (Å²) in [5.74, 6) is 0. The van der Waals surface area contributed by atoms with Gasteiger partial charge in [-0.15, -0.1) is 50.1 Å². The fourth-order valence-electron chi connectivity index (χ4n) is 4.36. The van der Waals surface area contributed by atoms with Crippen LogP contribution in [0.5, 0.6) is 0 Å². The Labute approximate surface area is 228 Å². The average Bonchev–Trinajstić information content (AvgIpc) is 3.38. The zero-order valence-corrected chi connectivity index (χ0v) is 23.3. The molecule has 182 valence electrons. The van der Waals surface area contributed by atoms with E-state index in [0.29, 0.717) is 5.70 Å². The van der Waals surface area contributed by atoms with Gasteiger partial charge < -0.3 is 11.8 Å². The van der Waals surface area contributed by atoms with Crippen LogP contribution in [0.1, 0.15) is 47.5 Å². The third kappa shape index (κ3) is 5.03. The summed E-state index contributed by atoms with van der Waals surface area (Å²) in [5.41, 5.74) is 15.4. The monoisotopic (exact) mass is 656 g/mol. The fourth-order valence-corrected chi connectivity index (χ4v) is 5.29. The molecule has 0 bridgehead atoms. The molecule has 1 aromatic carbocycles. The Hall–Kier alpha value is -3.00. The number of thiophene rings is 1. The fraction of sp³-hybridized carbons (Fsp3) is 0.129. The van der Waals surface area contributed by atoms with E-state index in [4.69, 9.17) is 10.7 Å². The third-order valence-electron chi connectivity index (χ3n) is 6.08. The van der Waals surface area contributed by atoms with Crippen molar-refractivity contribution in [1.29, 1.82) is 0 Å². The Kier molecular flexibility index (Phi) is 9.77. The van der Waals surface area contributed by atoms with Crippen molar-refractivity contribution in [2.24, 2.45) is 0 Å². The second-order valence-corrected chi connectivity index (χ2v) is 8.97. The molecule has 0 amide bonds. The van der Waals surface area contributed by atoms with Crippen LogP contribution < -0.4 is 0 Å². The molecule has 0 aliphatic heterocycles. The van der Waals surface area contributed by atoms with Crippen LogP contribution in [0.3, 0.4) is 0 Å². The van der Waals surface area contributed by atoms with Gasteiger partial charge in [0.2, 0.25) is 0 Å². The SMILES string of the molecule is C=Cc1[c-]c(-c2cccc(C3(C(=C)[NH-])C(C)=C(C)c4ccccc43)n2)sc1C=C.C=[C-]CC=C.[Pt]. The van der Waals surface area contributed by atoms with Crippen LogP contribution in [0.25, 0.3) is 34.0 Å². The van der Waals surface area contributed by atoms with E-state index in [1.54, 1.807) is 23.5 Å². The Morgan fingerprint density at radius 2 is 1.83 bits per heavy atom. The largest absolute Gasteiger partial charge is 0.701 e. The van der Waals surface area contributed by atoms with Gasteiger partial charge in [-0.05, 0) is 46.4 Å². The Balaban J connectivity index is 0.000000656. The summed E-state index contributed by atoms with van der Waals surface area (Å²) < 4.78 is 0. The normalized spacial score (nSPS) is 15.7. The molecular weight excluding hydrogens is 628 g/mol. The van der Waals surface area contributed by atoms with Gasteiger partial charge in [0, 0.05) is 32.5 Å². The number of rotatable bonds is 7. The Morgan fingerprint density at radius 3 is 2.37 bits per heavy atom. The van der Waals surface area contributed by atoms with Gasteiger partial charge in [0.15, 0.2) is 0 Å². The number of hydrogen-bond donors (Lipinski definition) is 0. The van der Waals surface area contributed by atoms with Crippen LogP contribution in [0.4, 0.5) is 0 Å². The molecule has 1 aliphatic carbocycles. The van der Waals surface area contributed by atoms with Crippen LogP contribution in [0.2, 0.25) is 0 Å². The van der Waals surface area contributed by atoms with Gasteiger partial charge in [-0.25, -0.2) is 11.3 Å². The number of allylic oxidation sites excluding steroid dienone is 4. The molecule has 4 rings (SSSR count). The predicted molar refractivity (Wildman–Crippen MR) is 149 cm³/mol. The van der Waals surface area contributed by atoms with Gasteiger partial charge in [-0.1, -0.05) is 48.0 Å². The number of aromatic nitrogens is 1. The topological polar surface area (TPSA) is 36.7 Å².